The molecule has 6 nitrogen and oxygen atoms in total. The number of methoxy groups -OCH3 is 1. The van der Waals surface area contributed by atoms with Gasteiger partial charge in [0.15, 0.2) is 12.2 Å². The van der Waals surface area contributed by atoms with E-state index < -0.39 is 0 Å². The fourth-order valence-corrected chi connectivity index (χ4v) is 3.28. The Morgan fingerprint density at radius 3 is 2.77 bits per heavy atom. The number of hydrogen-bond acceptors (Lipinski definition) is 5. The minimum atomic E-state index is -0.340. The molecule has 4 rings (SSSR count). The third kappa shape index (κ3) is 4.50. The molecule has 1 heterocycles. The zero-order valence-electron chi connectivity index (χ0n) is 15.8. The summed E-state index contributed by atoms with van der Waals surface area (Å²) in [4.78, 5) is 16.7. The van der Waals surface area contributed by atoms with Gasteiger partial charge in [-0.2, -0.15) is 0 Å². The summed E-state index contributed by atoms with van der Waals surface area (Å²) in [5.41, 5.74) is 2.58. The van der Waals surface area contributed by atoms with E-state index in [4.69, 9.17) is 37.1 Å². The summed E-state index contributed by atoms with van der Waals surface area (Å²) in [6.45, 7) is -0.204. The average Bonchev–Trinajstić information content (AvgIpc) is 3.16. The highest BCUT2D eigenvalue weighted by molar-refractivity contribution is 6.35. The number of fused-ring (bicyclic) bond motifs is 1. The van der Waals surface area contributed by atoms with Gasteiger partial charge in [0.2, 0.25) is 5.89 Å². The van der Waals surface area contributed by atoms with Gasteiger partial charge in [0.05, 0.1) is 12.1 Å². The van der Waals surface area contributed by atoms with E-state index in [0.29, 0.717) is 44.2 Å². The molecule has 0 bridgehead atoms. The van der Waals surface area contributed by atoms with Crippen molar-refractivity contribution in [2.75, 3.05) is 19.0 Å². The maximum atomic E-state index is 12.2. The molecule has 0 radical (unpaired) electrons. The van der Waals surface area contributed by atoms with Gasteiger partial charge < -0.3 is 19.2 Å². The molecule has 0 fully saturated rings. The van der Waals surface area contributed by atoms with E-state index in [9.17, 15) is 4.79 Å². The maximum absolute atomic E-state index is 12.2. The number of nitrogens with one attached hydrogen (secondary N) is 1. The van der Waals surface area contributed by atoms with Crippen molar-refractivity contribution >= 4 is 45.9 Å². The number of carbonyl (C=O) groups is 1. The molecule has 0 aliphatic carbocycles. The van der Waals surface area contributed by atoms with E-state index >= 15 is 0 Å². The number of carbonyl (C=O) groups excluding carboxylic acids is 1. The van der Waals surface area contributed by atoms with Crippen molar-refractivity contribution in [3.63, 3.8) is 0 Å². The number of amides is 1. The lowest BCUT2D eigenvalue weighted by Crippen LogP contribution is -2.20. The predicted molar refractivity (Wildman–Crippen MR) is 117 cm³/mol. The second kappa shape index (κ2) is 8.65. The van der Waals surface area contributed by atoms with Gasteiger partial charge in [-0.05, 0) is 48.5 Å². The summed E-state index contributed by atoms with van der Waals surface area (Å²) in [6.07, 6.45) is 0. The number of nitrogens with zero attached hydrogens (tertiary/aromatic N) is 1. The lowest BCUT2D eigenvalue weighted by molar-refractivity contribution is -0.118. The molecule has 1 amide bonds. The van der Waals surface area contributed by atoms with E-state index in [0.717, 1.165) is 5.56 Å². The molecule has 0 saturated carbocycles. The molecular formula is C22H16Cl2N2O4. The van der Waals surface area contributed by atoms with Crippen LogP contribution in [-0.4, -0.2) is 24.6 Å². The summed E-state index contributed by atoms with van der Waals surface area (Å²) in [5, 5.41) is 3.59. The van der Waals surface area contributed by atoms with Crippen LogP contribution in [0.5, 0.6) is 11.5 Å². The van der Waals surface area contributed by atoms with Gasteiger partial charge in [-0.15, -0.1) is 0 Å². The summed E-state index contributed by atoms with van der Waals surface area (Å²) in [5.74, 6) is 1.22. The summed E-state index contributed by atoms with van der Waals surface area (Å²) < 4.78 is 16.5. The van der Waals surface area contributed by atoms with E-state index in [1.165, 1.54) is 0 Å². The van der Waals surface area contributed by atoms with Gasteiger partial charge in [-0.1, -0.05) is 29.3 Å². The zero-order valence-corrected chi connectivity index (χ0v) is 17.3. The number of hydrogen-bond donors (Lipinski definition) is 1. The standard InChI is InChI=1S/C22H16Cl2N2O4/c1-28-16-4-2-3-13(9-16)22-26-18-7-6-15(11-20(18)30-22)25-21(27)12-29-19-8-5-14(23)10-17(19)24/h2-11H,12H2,1H3,(H,25,27). The molecule has 30 heavy (non-hydrogen) atoms. The van der Waals surface area contributed by atoms with E-state index in [-0.39, 0.29) is 12.5 Å². The number of aromatic nitrogens is 1. The smallest absolute Gasteiger partial charge is 0.262 e. The van der Waals surface area contributed by atoms with Gasteiger partial charge in [-0.3, -0.25) is 4.79 Å². The number of ether oxygens (including phenoxy) is 2. The Kier molecular flexibility index (Phi) is 5.79. The van der Waals surface area contributed by atoms with E-state index in [2.05, 4.69) is 10.3 Å². The van der Waals surface area contributed by atoms with Crippen molar-refractivity contribution in [3.8, 4) is 23.0 Å². The molecule has 0 unspecified atom stereocenters. The number of rotatable bonds is 6. The van der Waals surface area contributed by atoms with Crippen LogP contribution < -0.4 is 14.8 Å². The van der Waals surface area contributed by atoms with Crippen LogP contribution in [0.4, 0.5) is 5.69 Å². The Hall–Kier alpha value is -3.22. The zero-order chi connectivity index (χ0) is 21.1. The van der Waals surface area contributed by atoms with Gasteiger partial charge in [0.25, 0.3) is 5.91 Å². The second-order valence-electron chi connectivity index (χ2n) is 6.35. The van der Waals surface area contributed by atoms with E-state index in [1.54, 1.807) is 43.5 Å². The first kappa shape index (κ1) is 20.1. The normalized spacial score (nSPS) is 10.8. The summed E-state index contributed by atoms with van der Waals surface area (Å²) >= 11 is 11.9. The Morgan fingerprint density at radius 2 is 1.97 bits per heavy atom. The molecule has 1 aromatic heterocycles. The molecule has 3 aromatic carbocycles. The Morgan fingerprint density at radius 1 is 1.10 bits per heavy atom. The molecule has 0 atom stereocenters. The van der Waals surface area contributed by atoms with Gasteiger partial charge in [-0.25, -0.2) is 4.98 Å². The first-order chi connectivity index (χ1) is 14.5. The highest BCUT2D eigenvalue weighted by atomic mass is 35.5. The lowest BCUT2D eigenvalue weighted by atomic mass is 10.2. The number of oxazole rings is 1. The number of anilines is 1. The molecule has 152 valence electrons. The fourth-order valence-electron chi connectivity index (χ4n) is 2.81. The Balaban J connectivity index is 1.46. The van der Waals surface area contributed by atoms with Crippen molar-refractivity contribution < 1.29 is 18.7 Å². The van der Waals surface area contributed by atoms with Gasteiger partial charge >= 0.3 is 0 Å². The van der Waals surface area contributed by atoms with Crippen LogP contribution in [0.2, 0.25) is 10.0 Å². The first-order valence-electron chi connectivity index (χ1n) is 8.94. The second-order valence-corrected chi connectivity index (χ2v) is 7.19. The molecule has 0 spiro atoms. The van der Waals surface area contributed by atoms with Crippen molar-refractivity contribution in [1.82, 2.24) is 4.98 Å². The van der Waals surface area contributed by atoms with Crippen molar-refractivity contribution in [1.29, 1.82) is 0 Å². The molecule has 8 heteroatoms. The van der Waals surface area contributed by atoms with Crippen LogP contribution >= 0.6 is 23.2 Å². The third-order valence-electron chi connectivity index (χ3n) is 4.24. The van der Waals surface area contributed by atoms with Crippen LogP contribution in [0.25, 0.3) is 22.6 Å². The Bertz CT molecular complexity index is 1220. The molecule has 0 saturated heterocycles. The molecule has 0 aliphatic heterocycles. The minimum absolute atomic E-state index is 0.204. The fraction of sp³-hybridized carbons (Fsp3) is 0.0909. The van der Waals surface area contributed by atoms with Crippen LogP contribution in [0.15, 0.2) is 65.1 Å². The predicted octanol–water partition coefficient (Wildman–Crippen LogP) is 5.83. The number of benzene rings is 3. The molecule has 0 aliphatic rings. The third-order valence-corrected chi connectivity index (χ3v) is 4.77. The summed E-state index contributed by atoms with van der Waals surface area (Å²) in [6, 6.07) is 17.5. The van der Waals surface area contributed by atoms with Crippen molar-refractivity contribution in [2.24, 2.45) is 0 Å². The van der Waals surface area contributed by atoms with Crippen LogP contribution in [0.3, 0.4) is 0 Å². The average molecular weight is 443 g/mol. The largest absolute Gasteiger partial charge is 0.497 e. The lowest BCUT2D eigenvalue weighted by Gasteiger charge is -2.09. The monoisotopic (exact) mass is 442 g/mol. The first-order valence-corrected chi connectivity index (χ1v) is 9.70. The number of halogens is 2. The minimum Gasteiger partial charge on any atom is -0.497 e. The van der Waals surface area contributed by atoms with Crippen LogP contribution in [-0.2, 0) is 4.79 Å². The molecular weight excluding hydrogens is 427 g/mol. The van der Waals surface area contributed by atoms with Crippen LogP contribution in [0, 0.1) is 0 Å². The maximum Gasteiger partial charge on any atom is 0.262 e. The van der Waals surface area contributed by atoms with Crippen LogP contribution in [0.1, 0.15) is 0 Å². The highest BCUT2D eigenvalue weighted by Crippen LogP contribution is 2.29. The quantitative estimate of drug-likeness (QED) is 0.406. The molecule has 1 N–H and O–H groups in total. The van der Waals surface area contributed by atoms with Crippen molar-refractivity contribution in [2.45, 2.75) is 0 Å². The topological polar surface area (TPSA) is 73.6 Å². The van der Waals surface area contributed by atoms with Crippen molar-refractivity contribution in [3.05, 3.63) is 70.7 Å². The highest BCUT2D eigenvalue weighted by Gasteiger charge is 2.12. The SMILES string of the molecule is COc1cccc(-c2nc3ccc(NC(=O)COc4ccc(Cl)cc4Cl)cc3o2)c1. The molecule has 4 aromatic rings. The van der Waals surface area contributed by atoms with Gasteiger partial charge in [0, 0.05) is 22.3 Å². The van der Waals surface area contributed by atoms with E-state index in [1.807, 2.05) is 24.3 Å². The summed E-state index contributed by atoms with van der Waals surface area (Å²) in [7, 11) is 1.60. The van der Waals surface area contributed by atoms with Gasteiger partial charge in [0.1, 0.15) is 17.0 Å². The Labute approximate surface area is 182 Å².